The van der Waals surface area contributed by atoms with Crippen molar-refractivity contribution in [1.82, 2.24) is 14.3 Å². The summed E-state index contributed by atoms with van der Waals surface area (Å²) in [6.07, 6.45) is 4.85. The van der Waals surface area contributed by atoms with Crippen LogP contribution in [-0.4, -0.2) is 51.3 Å². The third-order valence-corrected chi connectivity index (χ3v) is 5.57. The highest BCUT2D eigenvalue weighted by Crippen LogP contribution is 2.33. The lowest BCUT2D eigenvalue weighted by atomic mass is 10.2. The molecule has 0 atom stereocenters. The number of hydrogen-bond donors (Lipinski definition) is 1. The number of nitrogens with zero attached hydrogens (tertiary/aromatic N) is 3. The number of fused-ring (bicyclic) bond motifs is 1. The van der Waals surface area contributed by atoms with Crippen LogP contribution < -0.4 is 10.9 Å². The van der Waals surface area contributed by atoms with Gasteiger partial charge in [0.2, 0.25) is 0 Å². The van der Waals surface area contributed by atoms with Gasteiger partial charge in [0.15, 0.2) is 0 Å². The van der Waals surface area contributed by atoms with Crippen molar-refractivity contribution in [3.05, 3.63) is 45.2 Å². The van der Waals surface area contributed by atoms with Crippen LogP contribution in [0.25, 0.3) is 11.7 Å². The molecule has 0 saturated carbocycles. The monoisotopic (exact) mass is 418 g/mol. The maximum absolute atomic E-state index is 13.0. The van der Waals surface area contributed by atoms with E-state index in [1.807, 2.05) is 13.0 Å². The zero-order valence-corrected chi connectivity index (χ0v) is 17.4. The van der Waals surface area contributed by atoms with Gasteiger partial charge in [0, 0.05) is 33.0 Å². The van der Waals surface area contributed by atoms with Crippen molar-refractivity contribution in [2.75, 3.05) is 32.1 Å². The van der Waals surface area contributed by atoms with E-state index in [2.05, 4.69) is 10.3 Å². The lowest BCUT2D eigenvalue weighted by Gasteiger charge is -2.13. The highest BCUT2D eigenvalue weighted by molar-refractivity contribution is 8.26. The molecule has 0 aliphatic carbocycles. The molecule has 9 heteroatoms. The van der Waals surface area contributed by atoms with Gasteiger partial charge in [0.25, 0.3) is 11.5 Å². The first-order chi connectivity index (χ1) is 13.6. The van der Waals surface area contributed by atoms with E-state index in [4.69, 9.17) is 17.0 Å². The molecule has 0 radical (unpaired) electrons. The summed E-state index contributed by atoms with van der Waals surface area (Å²) in [6, 6.07) is 5.38. The van der Waals surface area contributed by atoms with Gasteiger partial charge >= 0.3 is 0 Å². The molecule has 7 nitrogen and oxygen atoms in total. The smallest absolute Gasteiger partial charge is 0.267 e. The Hall–Kier alpha value is -2.23. The first-order valence-corrected chi connectivity index (χ1v) is 10.3. The second kappa shape index (κ2) is 9.31. The summed E-state index contributed by atoms with van der Waals surface area (Å²) < 4.78 is 7.01. The van der Waals surface area contributed by atoms with Crippen LogP contribution in [0.2, 0.25) is 0 Å². The van der Waals surface area contributed by atoms with Crippen molar-refractivity contribution in [2.45, 2.75) is 19.8 Å². The van der Waals surface area contributed by atoms with Gasteiger partial charge in [-0.2, -0.15) is 0 Å². The van der Waals surface area contributed by atoms with Crippen molar-refractivity contribution in [2.24, 2.45) is 0 Å². The molecule has 3 rings (SSSR count). The maximum atomic E-state index is 13.0. The summed E-state index contributed by atoms with van der Waals surface area (Å²) in [5.41, 5.74) is 0.679. The van der Waals surface area contributed by atoms with Crippen LogP contribution in [-0.2, 0) is 9.53 Å². The third kappa shape index (κ3) is 4.26. The van der Waals surface area contributed by atoms with Crippen LogP contribution in [0, 0.1) is 0 Å². The predicted molar refractivity (Wildman–Crippen MR) is 117 cm³/mol. The summed E-state index contributed by atoms with van der Waals surface area (Å²) in [7, 11) is 1.62. The van der Waals surface area contributed by atoms with E-state index in [-0.39, 0.29) is 11.5 Å². The van der Waals surface area contributed by atoms with E-state index in [0.29, 0.717) is 52.4 Å². The molecule has 1 aliphatic rings. The lowest BCUT2D eigenvalue weighted by Crippen LogP contribution is -2.29. The van der Waals surface area contributed by atoms with Crippen LogP contribution in [0.15, 0.2) is 34.1 Å². The van der Waals surface area contributed by atoms with Crippen molar-refractivity contribution in [1.29, 1.82) is 0 Å². The molecule has 1 N–H and O–H groups in total. The van der Waals surface area contributed by atoms with Gasteiger partial charge in [-0.25, -0.2) is 4.98 Å². The Morgan fingerprint density at radius 1 is 1.36 bits per heavy atom. The highest BCUT2D eigenvalue weighted by Gasteiger charge is 2.32. The van der Waals surface area contributed by atoms with Gasteiger partial charge in [-0.1, -0.05) is 37.0 Å². The molecule has 1 saturated heterocycles. The predicted octanol–water partition coefficient (Wildman–Crippen LogP) is 2.75. The number of pyridine rings is 1. The standard InChI is InChI=1S/C19H22N4O3S2/c1-3-8-20-16-13(17(24)22-9-5-4-7-15(22)21-16)12-14-18(25)23(19(27)28-14)10-6-11-26-2/h4-5,7,9,12,20H,3,6,8,10-11H2,1-2H3. The van der Waals surface area contributed by atoms with Crippen LogP contribution in [0.3, 0.4) is 0 Å². The van der Waals surface area contributed by atoms with Gasteiger partial charge in [-0.15, -0.1) is 0 Å². The Morgan fingerprint density at radius 2 is 2.18 bits per heavy atom. The van der Waals surface area contributed by atoms with Crippen LogP contribution in [0.4, 0.5) is 5.82 Å². The zero-order chi connectivity index (χ0) is 20.1. The number of methoxy groups -OCH3 is 1. The molecule has 0 spiro atoms. The molecule has 1 fully saturated rings. The summed E-state index contributed by atoms with van der Waals surface area (Å²) in [4.78, 5) is 32.4. The number of ether oxygens (including phenoxy) is 1. The van der Waals surface area contributed by atoms with E-state index in [1.165, 1.54) is 16.2 Å². The summed E-state index contributed by atoms with van der Waals surface area (Å²) in [5.74, 6) is 0.285. The van der Waals surface area contributed by atoms with Gasteiger partial charge in [0.1, 0.15) is 15.8 Å². The fourth-order valence-electron chi connectivity index (χ4n) is 2.80. The van der Waals surface area contributed by atoms with Crippen molar-refractivity contribution in [3.8, 4) is 0 Å². The molecule has 1 aliphatic heterocycles. The number of nitrogens with one attached hydrogen (secondary N) is 1. The van der Waals surface area contributed by atoms with Gasteiger partial charge in [-0.3, -0.25) is 18.9 Å². The molecule has 3 heterocycles. The second-order valence-corrected chi connectivity index (χ2v) is 7.89. The third-order valence-electron chi connectivity index (χ3n) is 4.19. The number of rotatable bonds is 8. The fourth-order valence-corrected chi connectivity index (χ4v) is 4.09. The summed E-state index contributed by atoms with van der Waals surface area (Å²) >= 11 is 6.55. The Labute approximate surface area is 172 Å². The Kier molecular flexibility index (Phi) is 6.82. The maximum Gasteiger partial charge on any atom is 0.267 e. The van der Waals surface area contributed by atoms with E-state index in [1.54, 1.807) is 36.4 Å². The molecule has 0 unspecified atom stereocenters. The molecule has 0 bridgehead atoms. The number of hydrogen-bond acceptors (Lipinski definition) is 7. The quantitative estimate of drug-likeness (QED) is 0.401. The Bertz CT molecular complexity index is 987. The zero-order valence-electron chi connectivity index (χ0n) is 15.8. The van der Waals surface area contributed by atoms with E-state index in [0.717, 1.165) is 6.42 Å². The molecule has 2 aromatic rings. The van der Waals surface area contributed by atoms with Gasteiger partial charge in [-0.05, 0) is 31.1 Å². The second-order valence-electron chi connectivity index (χ2n) is 6.21. The fraction of sp³-hybridized carbons (Fsp3) is 0.368. The van der Waals surface area contributed by atoms with Crippen molar-refractivity contribution < 1.29 is 9.53 Å². The first kappa shape index (κ1) is 20.5. The van der Waals surface area contributed by atoms with E-state index in [9.17, 15) is 9.59 Å². The number of thiocarbonyl (C=S) groups is 1. The SMILES string of the molecule is CCCNc1nc2ccccn2c(=O)c1C=C1SC(=S)N(CCCOC)C1=O. The number of aromatic nitrogens is 2. The normalized spacial score (nSPS) is 15.8. The molecule has 148 valence electrons. The first-order valence-electron chi connectivity index (χ1n) is 9.06. The minimum atomic E-state index is -0.228. The molecule has 28 heavy (non-hydrogen) atoms. The average molecular weight is 419 g/mol. The number of carbonyl (C=O) groups excluding carboxylic acids is 1. The van der Waals surface area contributed by atoms with E-state index >= 15 is 0 Å². The van der Waals surface area contributed by atoms with Crippen LogP contribution >= 0.6 is 24.0 Å². The summed E-state index contributed by atoms with van der Waals surface area (Å²) in [5, 5.41) is 3.20. The van der Waals surface area contributed by atoms with Gasteiger partial charge in [0.05, 0.1) is 10.5 Å². The number of amides is 1. The van der Waals surface area contributed by atoms with Crippen LogP contribution in [0.5, 0.6) is 0 Å². The number of anilines is 1. The Morgan fingerprint density at radius 3 is 2.93 bits per heavy atom. The van der Waals surface area contributed by atoms with Crippen molar-refractivity contribution >= 4 is 51.7 Å². The molecular formula is C19H22N4O3S2. The Balaban J connectivity index is 2.00. The number of carbonyl (C=O) groups is 1. The minimum Gasteiger partial charge on any atom is -0.385 e. The number of thioether (sulfide) groups is 1. The van der Waals surface area contributed by atoms with Crippen molar-refractivity contribution in [3.63, 3.8) is 0 Å². The topological polar surface area (TPSA) is 75.9 Å². The molecule has 0 aromatic carbocycles. The minimum absolute atomic E-state index is 0.190. The largest absolute Gasteiger partial charge is 0.385 e. The summed E-state index contributed by atoms with van der Waals surface area (Å²) in [6.45, 7) is 3.75. The average Bonchev–Trinajstić information content (AvgIpc) is 2.96. The molecular weight excluding hydrogens is 396 g/mol. The highest BCUT2D eigenvalue weighted by atomic mass is 32.2. The van der Waals surface area contributed by atoms with Gasteiger partial charge < -0.3 is 10.1 Å². The molecule has 2 aromatic heterocycles. The van der Waals surface area contributed by atoms with Crippen LogP contribution in [0.1, 0.15) is 25.3 Å². The van der Waals surface area contributed by atoms with E-state index < -0.39 is 0 Å². The molecule has 1 amide bonds. The lowest BCUT2D eigenvalue weighted by molar-refractivity contribution is -0.122.